The molecule has 0 aliphatic heterocycles. The van der Waals surface area contributed by atoms with Gasteiger partial charge < -0.3 is 14.6 Å². The lowest BCUT2D eigenvalue weighted by molar-refractivity contribution is -0.136. The number of fused-ring (bicyclic) bond motifs is 1. The lowest BCUT2D eigenvalue weighted by Gasteiger charge is -2.15. The number of methoxy groups -OCH3 is 2. The number of pyridine rings is 1. The lowest BCUT2D eigenvalue weighted by Crippen LogP contribution is -2.11. The van der Waals surface area contributed by atoms with E-state index in [0.29, 0.717) is 17.0 Å². The number of hydrogen-bond donors (Lipinski definition) is 1. The van der Waals surface area contributed by atoms with Gasteiger partial charge in [-0.3, -0.25) is 4.79 Å². The molecule has 0 saturated carbocycles. The molecule has 0 saturated heterocycles. The zero-order valence-electron chi connectivity index (χ0n) is 12.3. The average molecular weight is 307 g/mol. The monoisotopic (exact) mass is 307 g/mol. The number of hydrogen-bond acceptors (Lipinski definition) is 5. The predicted molar refractivity (Wildman–Crippen MR) is 82.5 cm³/mol. The molecule has 21 heavy (non-hydrogen) atoms. The second-order valence-corrected chi connectivity index (χ2v) is 5.94. The maximum absolute atomic E-state index is 11.1. The van der Waals surface area contributed by atoms with Crippen LogP contribution in [0.25, 0.3) is 10.9 Å². The van der Waals surface area contributed by atoms with Crippen molar-refractivity contribution in [3.8, 4) is 11.5 Å². The molecule has 2 aromatic rings. The number of carboxylic acid groups (broad SMARTS) is 1. The van der Waals surface area contributed by atoms with Crippen LogP contribution in [0.5, 0.6) is 11.5 Å². The summed E-state index contributed by atoms with van der Waals surface area (Å²) < 4.78 is 10.7. The van der Waals surface area contributed by atoms with E-state index in [1.807, 2.05) is 13.0 Å². The van der Waals surface area contributed by atoms with Crippen molar-refractivity contribution >= 4 is 28.6 Å². The standard InChI is InChI=1S/C15H17NO4S/c1-8-7-12(21-9(2)15(17)18)13-10(19-3)5-6-11(20-4)14(13)16-8/h5-7,9H,1-4H3,(H,17,18)/t9-/m1/s1. The summed E-state index contributed by atoms with van der Waals surface area (Å²) in [6.07, 6.45) is 0. The molecular formula is C15H17NO4S. The quantitative estimate of drug-likeness (QED) is 0.856. The highest BCUT2D eigenvalue weighted by Gasteiger charge is 2.19. The summed E-state index contributed by atoms with van der Waals surface area (Å²) in [5.41, 5.74) is 1.48. The molecule has 2 rings (SSSR count). The Balaban J connectivity index is 2.71. The molecule has 0 aliphatic rings. The van der Waals surface area contributed by atoms with Crippen molar-refractivity contribution in [1.29, 1.82) is 0 Å². The van der Waals surface area contributed by atoms with Gasteiger partial charge in [-0.15, -0.1) is 11.8 Å². The predicted octanol–water partition coefficient (Wildman–Crippen LogP) is 3.13. The van der Waals surface area contributed by atoms with Crippen molar-refractivity contribution < 1.29 is 19.4 Å². The van der Waals surface area contributed by atoms with Gasteiger partial charge in [0, 0.05) is 10.6 Å². The molecule has 0 bridgehead atoms. The number of carboxylic acids is 1. The summed E-state index contributed by atoms with van der Waals surface area (Å²) >= 11 is 1.27. The number of ether oxygens (including phenoxy) is 2. The van der Waals surface area contributed by atoms with Gasteiger partial charge in [0.05, 0.1) is 19.6 Å². The molecule has 0 radical (unpaired) electrons. The van der Waals surface area contributed by atoms with Crippen LogP contribution < -0.4 is 9.47 Å². The minimum atomic E-state index is -0.857. The second-order valence-electron chi connectivity index (χ2n) is 4.55. The smallest absolute Gasteiger partial charge is 0.316 e. The van der Waals surface area contributed by atoms with Crippen molar-refractivity contribution in [3.63, 3.8) is 0 Å². The Morgan fingerprint density at radius 3 is 2.48 bits per heavy atom. The van der Waals surface area contributed by atoms with Gasteiger partial charge in [0.25, 0.3) is 0 Å². The number of nitrogens with zero attached hydrogens (tertiary/aromatic N) is 1. The number of benzene rings is 1. The number of carbonyl (C=O) groups is 1. The van der Waals surface area contributed by atoms with Crippen molar-refractivity contribution in [3.05, 3.63) is 23.9 Å². The molecule has 1 atom stereocenters. The fourth-order valence-electron chi connectivity index (χ4n) is 2.04. The third kappa shape index (κ3) is 3.05. The fraction of sp³-hybridized carbons (Fsp3) is 0.333. The van der Waals surface area contributed by atoms with Gasteiger partial charge in [0.15, 0.2) is 0 Å². The summed E-state index contributed by atoms with van der Waals surface area (Å²) in [6.45, 7) is 3.52. The van der Waals surface area contributed by atoms with Gasteiger partial charge in [-0.1, -0.05) is 0 Å². The van der Waals surface area contributed by atoms with E-state index >= 15 is 0 Å². The van der Waals surface area contributed by atoms with Gasteiger partial charge in [-0.25, -0.2) is 4.98 Å². The topological polar surface area (TPSA) is 68.7 Å². The zero-order chi connectivity index (χ0) is 15.6. The molecule has 0 aliphatic carbocycles. The highest BCUT2D eigenvalue weighted by Crippen LogP contribution is 2.40. The molecule has 1 N–H and O–H groups in total. The molecular weight excluding hydrogens is 290 g/mol. The Bertz CT molecular complexity index is 687. The van der Waals surface area contributed by atoms with Gasteiger partial charge in [-0.2, -0.15) is 0 Å². The van der Waals surface area contributed by atoms with Gasteiger partial charge in [0.2, 0.25) is 0 Å². The third-order valence-electron chi connectivity index (χ3n) is 3.07. The van der Waals surface area contributed by atoms with Crippen LogP contribution in [0.1, 0.15) is 12.6 Å². The van der Waals surface area contributed by atoms with Crippen LogP contribution in [0.3, 0.4) is 0 Å². The Morgan fingerprint density at radius 2 is 1.90 bits per heavy atom. The molecule has 1 aromatic heterocycles. The van der Waals surface area contributed by atoms with E-state index in [4.69, 9.17) is 14.6 Å². The van der Waals surface area contributed by atoms with Crippen LogP contribution in [-0.2, 0) is 4.79 Å². The fourth-order valence-corrected chi connectivity index (χ4v) is 3.08. The molecule has 6 heteroatoms. The first-order chi connectivity index (χ1) is 9.97. The number of thioether (sulfide) groups is 1. The largest absolute Gasteiger partial charge is 0.496 e. The van der Waals surface area contributed by atoms with E-state index in [0.717, 1.165) is 16.0 Å². The first-order valence-electron chi connectivity index (χ1n) is 6.39. The van der Waals surface area contributed by atoms with Gasteiger partial charge >= 0.3 is 5.97 Å². The van der Waals surface area contributed by atoms with E-state index in [9.17, 15) is 4.79 Å². The van der Waals surface area contributed by atoms with Crippen molar-refractivity contribution in [2.24, 2.45) is 0 Å². The number of aromatic nitrogens is 1. The number of aryl methyl sites for hydroxylation is 1. The highest BCUT2D eigenvalue weighted by molar-refractivity contribution is 8.00. The SMILES string of the molecule is COc1ccc(OC)c2c(S[C@H](C)C(=O)O)cc(C)nc12. The van der Waals surface area contributed by atoms with Crippen LogP contribution in [-0.4, -0.2) is 35.5 Å². The Hall–Kier alpha value is -1.95. The van der Waals surface area contributed by atoms with Crippen LogP contribution in [0.4, 0.5) is 0 Å². The maximum atomic E-state index is 11.1. The first kappa shape index (κ1) is 15.4. The molecule has 0 spiro atoms. The molecule has 1 heterocycles. The summed E-state index contributed by atoms with van der Waals surface area (Å²) in [4.78, 5) is 16.4. The van der Waals surface area contributed by atoms with Gasteiger partial charge in [-0.05, 0) is 32.0 Å². The lowest BCUT2D eigenvalue weighted by atomic mass is 10.1. The van der Waals surface area contributed by atoms with Crippen molar-refractivity contribution in [2.45, 2.75) is 24.0 Å². The first-order valence-corrected chi connectivity index (χ1v) is 7.27. The second kappa shape index (κ2) is 6.22. The molecule has 0 amide bonds. The molecule has 112 valence electrons. The Morgan fingerprint density at radius 1 is 1.29 bits per heavy atom. The molecule has 1 aromatic carbocycles. The summed E-state index contributed by atoms with van der Waals surface area (Å²) in [6, 6.07) is 5.46. The highest BCUT2D eigenvalue weighted by atomic mass is 32.2. The minimum absolute atomic E-state index is 0.564. The number of rotatable bonds is 5. The minimum Gasteiger partial charge on any atom is -0.496 e. The maximum Gasteiger partial charge on any atom is 0.316 e. The van der Waals surface area contributed by atoms with Crippen LogP contribution in [0.15, 0.2) is 23.1 Å². The molecule has 0 unspecified atom stereocenters. The summed E-state index contributed by atoms with van der Waals surface area (Å²) in [5.74, 6) is 0.433. The van der Waals surface area contributed by atoms with E-state index in [-0.39, 0.29) is 0 Å². The Labute approximate surface area is 127 Å². The normalized spacial score (nSPS) is 12.2. The van der Waals surface area contributed by atoms with Crippen LogP contribution >= 0.6 is 11.8 Å². The van der Waals surface area contributed by atoms with E-state index in [1.165, 1.54) is 11.8 Å². The van der Waals surface area contributed by atoms with Gasteiger partial charge in [0.1, 0.15) is 22.3 Å². The average Bonchev–Trinajstić information content (AvgIpc) is 2.45. The van der Waals surface area contributed by atoms with Crippen molar-refractivity contribution in [1.82, 2.24) is 4.98 Å². The Kier molecular flexibility index (Phi) is 4.57. The van der Waals surface area contributed by atoms with Crippen LogP contribution in [0.2, 0.25) is 0 Å². The van der Waals surface area contributed by atoms with E-state index in [2.05, 4.69) is 4.98 Å². The molecule has 5 nitrogen and oxygen atoms in total. The summed E-state index contributed by atoms with van der Waals surface area (Å²) in [5, 5.41) is 9.33. The third-order valence-corrected chi connectivity index (χ3v) is 4.20. The van der Waals surface area contributed by atoms with Crippen molar-refractivity contribution in [2.75, 3.05) is 14.2 Å². The zero-order valence-corrected chi connectivity index (χ0v) is 13.2. The van der Waals surface area contributed by atoms with E-state index in [1.54, 1.807) is 33.3 Å². The molecule has 0 fully saturated rings. The summed E-state index contributed by atoms with van der Waals surface area (Å²) in [7, 11) is 3.16. The van der Waals surface area contributed by atoms with E-state index < -0.39 is 11.2 Å². The van der Waals surface area contributed by atoms with Crippen LogP contribution in [0, 0.1) is 6.92 Å². The number of aliphatic carboxylic acids is 1.